The third-order valence-electron chi connectivity index (χ3n) is 4.89. The molecule has 0 saturated heterocycles. The van der Waals surface area contributed by atoms with Crippen molar-refractivity contribution >= 4 is 39.1 Å². The molecule has 0 aliphatic rings. The number of aryl methyl sites for hydroxylation is 2. The highest BCUT2D eigenvalue weighted by atomic mass is 32.2. The first-order valence-corrected chi connectivity index (χ1v) is 12.9. The van der Waals surface area contributed by atoms with Crippen molar-refractivity contribution in [2.24, 2.45) is 7.05 Å². The minimum atomic E-state index is -3.54. The molecule has 3 aromatic rings. The summed E-state index contributed by atoms with van der Waals surface area (Å²) in [5, 5.41) is 11.6. The Kier molecular flexibility index (Phi) is 7.65. The van der Waals surface area contributed by atoms with Crippen LogP contribution in [0.2, 0.25) is 0 Å². The molecule has 33 heavy (non-hydrogen) atoms. The van der Waals surface area contributed by atoms with Crippen molar-refractivity contribution in [3.63, 3.8) is 0 Å². The number of aromatic nitrogens is 3. The average Bonchev–Trinajstić information content (AvgIpc) is 3.10. The average molecular weight is 490 g/mol. The van der Waals surface area contributed by atoms with E-state index in [1.54, 1.807) is 36.9 Å². The van der Waals surface area contributed by atoms with Crippen molar-refractivity contribution < 1.29 is 17.9 Å². The molecule has 1 N–H and O–H groups in total. The molecule has 1 amide bonds. The molecule has 11 heteroatoms. The number of hydrogen-bond donors (Lipinski definition) is 1. The second kappa shape index (κ2) is 10.3. The summed E-state index contributed by atoms with van der Waals surface area (Å²) in [7, 11) is -0.245. The first-order chi connectivity index (χ1) is 15.6. The summed E-state index contributed by atoms with van der Waals surface area (Å²) < 4.78 is 33.1. The van der Waals surface area contributed by atoms with Gasteiger partial charge >= 0.3 is 0 Å². The van der Waals surface area contributed by atoms with Gasteiger partial charge in [-0.1, -0.05) is 35.5 Å². The molecule has 0 unspecified atom stereocenters. The van der Waals surface area contributed by atoms with Gasteiger partial charge in [0.2, 0.25) is 15.9 Å². The number of rotatable bonds is 9. The quantitative estimate of drug-likeness (QED) is 0.460. The fourth-order valence-electron chi connectivity index (χ4n) is 3.08. The number of methoxy groups -OCH3 is 1. The van der Waals surface area contributed by atoms with Crippen LogP contribution in [0.5, 0.6) is 5.75 Å². The Bertz CT molecular complexity index is 1240. The number of nitrogens with zero attached hydrogens (tertiary/aromatic N) is 4. The molecule has 0 aliphatic carbocycles. The zero-order valence-electron chi connectivity index (χ0n) is 19.2. The van der Waals surface area contributed by atoms with E-state index in [0.717, 1.165) is 17.4 Å². The number of ether oxygens (including phenoxy) is 1. The van der Waals surface area contributed by atoms with Gasteiger partial charge in [0.05, 0.1) is 37.0 Å². The standard InChI is InChI=1S/C22H27N5O4S2/c1-15-6-9-17(10-7-15)27(33(5,29)30)13-20-24-25-22(26(20)3)32-14-21(28)23-18-12-16(2)8-11-19(18)31-4/h6-12H,13-14H2,1-5H3,(H,23,28). The summed E-state index contributed by atoms with van der Waals surface area (Å²) in [5.41, 5.74) is 3.18. The first kappa shape index (κ1) is 24.6. The topological polar surface area (TPSA) is 106 Å². The fraction of sp³-hybridized carbons (Fsp3) is 0.318. The van der Waals surface area contributed by atoms with E-state index < -0.39 is 10.0 Å². The molecule has 3 rings (SSSR count). The highest BCUT2D eigenvalue weighted by Gasteiger charge is 2.22. The van der Waals surface area contributed by atoms with Crippen molar-refractivity contribution in [1.29, 1.82) is 0 Å². The van der Waals surface area contributed by atoms with Crippen LogP contribution in [0.4, 0.5) is 11.4 Å². The van der Waals surface area contributed by atoms with Crippen LogP contribution in [-0.4, -0.2) is 48.2 Å². The second-order valence-electron chi connectivity index (χ2n) is 7.60. The van der Waals surface area contributed by atoms with Crippen molar-refractivity contribution in [2.45, 2.75) is 25.5 Å². The lowest BCUT2D eigenvalue weighted by molar-refractivity contribution is -0.113. The van der Waals surface area contributed by atoms with Crippen molar-refractivity contribution in [1.82, 2.24) is 14.8 Å². The van der Waals surface area contributed by atoms with Gasteiger partial charge in [-0.25, -0.2) is 8.42 Å². The third-order valence-corrected chi connectivity index (χ3v) is 7.05. The summed E-state index contributed by atoms with van der Waals surface area (Å²) in [6.45, 7) is 3.89. The summed E-state index contributed by atoms with van der Waals surface area (Å²) >= 11 is 1.21. The maximum atomic E-state index is 12.5. The smallest absolute Gasteiger partial charge is 0.234 e. The molecular weight excluding hydrogens is 462 g/mol. The van der Waals surface area contributed by atoms with Crippen LogP contribution in [-0.2, 0) is 28.4 Å². The van der Waals surface area contributed by atoms with E-state index in [4.69, 9.17) is 4.74 Å². The Balaban J connectivity index is 1.69. The first-order valence-electron chi connectivity index (χ1n) is 10.1. The predicted octanol–water partition coefficient (Wildman–Crippen LogP) is 3.14. The van der Waals surface area contributed by atoms with Gasteiger partial charge in [0.1, 0.15) is 5.75 Å². The molecule has 0 bridgehead atoms. The highest BCUT2D eigenvalue weighted by Crippen LogP contribution is 2.26. The third kappa shape index (κ3) is 6.26. The zero-order valence-corrected chi connectivity index (χ0v) is 20.8. The molecule has 0 atom stereocenters. The lowest BCUT2D eigenvalue weighted by Crippen LogP contribution is -2.30. The lowest BCUT2D eigenvalue weighted by atomic mass is 10.2. The van der Waals surface area contributed by atoms with E-state index in [0.29, 0.717) is 28.1 Å². The number of amides is 1. The van der Waals surface area contributed by atoms with Gasteiger partial charge in [-0.15, -0.1) is 10.2 Å². The maximum absolute atomic E-state index is 12.5. The molecular formula is C22H27N5O4S2. The van der Waals surface area contributed by atoms with E-state index in [9.17, 15) is 13.2 Å². The number of thioether (sulfide) groups is 1. The summed E-state index contributed by atoms with van der Waals surface area (Å²) in [4.78, 5) is 12.5. The lowest BCUT2D eigenvalue weighted by Gasteiger charge is -2.22. The molecule has 2 aromatic carbocycles. The van der Waals surface area contributed by atoms with Crippen LogP contribution in [0, 0.1) is 13.8 Å². The van der Waals surface area contributed by atoms with Crippen LogP contribution in [0.15, 0.2) is 47.6 Å². The number of sulfonamides is 1. The molecule has 176 valence electrons. The number of carbonyl (C=O) groups excluding carboxylic acids is 1. The molecule has 0 fully saturated rings. The minimum Gasteiger partial charge on any atom is -0.495 e. The van der Waals surface area contributed by atoms with Gasteiger partial charge in [0.25, 0.3) is 0 Å². The number of hydrogen-bond acceptors (Lipinski definition) is 7. The number of benzene rings is 2. The van der Waals surface area contributed by atoms with Gasteiger partial charge in [-0.3, -0.25) is 9.10 Å². The number of carbonyl (C=O) groups is 1. The van der Waals surface area contributed by atoms with Crippen LogP contribution in [0.1, 0.15) is 17.0 Å². The van der Waals surface area contributed by atoms with Gasteiger partial charge < -0.3 is 14.6 Å². The molecule has 0 spiro atoms. The van der Waals surface area contributed by atoms with Gasteiger partial charge in [0, 0.05) is 7.05 Å². The molecule has 1 aromatic heterocycles. The van der Waals surface area contributed by atoms with E-state index in [2.05, 4.69) is 15.5 Å². The minimum absolute atomic E-state index is 0.0264. The summed E-state index contributed by atoms with van der Waals surface area (Å²) in [6, 6.07) is 12.8. The summed E-state index contributed by atoms with van der Waals surface area (Å²) in [6.07, 6.45) is 1.16. The zero-order chi connectivity index (χ0) is 24.2. The van der Waals surface area contributed by atoms with Gasteiger partial charge in [0.15, 0.2) is 11.0 Å². The van der Waals surface area contributed by atoms with Gasteiger partial charge in [-0.2, -0.15) is 0 Å². The second-order valence-corrected chi connectivity index (χ2v) is 10.5. The van der Waals surface area contributed by atoms with E-state index in [-0.39, 0.29) is 18.2 Å². The number of anilines is 2. The van der Waals surface area contributed by atoms with Crippen molar-refractivity contribution in [3.8, 4) is 5.75 Å². The molecule has 0 saturated carbocycles. The Morgan fingerprint density at radius 3 is 2.42 bits per heavy atom. The largest absolute Gasteiger partial charge is 0.495 e. The Hall–Kier alpha value is -3.05. The SMILES string of the molecule is COc1ccc(C)cc1NC(=O)CSc1nnc(CN(c2ccc(C)cc2)S(C)(=O)=O)n1C. The van der Waals surface area contributed by atoms with Crippen LogP contribution >= 0.6 is 11.8 Å². The highest BCUT2D eigenvalue weighted by molar-refractivity contribution is 7.99. The Morgan fingerprint density at radius 1 is 1.12 bits per heavy atom. The van der Waals surface area contributed by atoms with Crippen LogP contribution < -0.4 is 14.4 Å². The van der Waals surface area contributed by atoms with Gasteiger partial charge in [-0.05, 0) is 43.7 Å². The van der Waals surface area contributed by atoms with Crippen LogP contribution in [0.25, 0.3) is 0 Å². The monoisotopic (exact) mass is 489 g/mol. The van der Waals surface area contributed by atoms with Crippen molar-refractivity contribution in [2.75, 3.05) is 28.7 Å². The van der Waals surface area contributed by atoms with E-state index >= 15 is 0 Å². The Labute approximate surface area is 198 Å². The molecule has 9 nitrogen and oxygen atoms in total. The van der Waals surface area contributed by atoms with E-state index in [1.165, 1.54) is 16.1 Å². The molecule has 1 heterocycles. The fourth-order valence-corrected chi connectivity index (χ4v) is 4.67. The maximum Gasteiger partial charge on any atom is 0.234 e. The molecule has 0 aliphatic heterocycles. The van der Waals surface area contributed by atoms with E-state index in [1.807, 2.05) is 38.1 Å². The molecule has 0 radical (unpaired) electrons. The van der Waals surface area contributed by atoms with Crippen LogP contribution in [0.3, 0.4) is 0 Å². The predicted molar refractivity (Wildman–Crippen MR) is 130 cm³/mol. The summed E-state index contributed by atoms with van der Waals surface area (Å²) in [5.74, 6) is 0.934. The Morgan fingerprint density at radius 2 is 1.79 bits per heavy atom. The van der Waals surface area contributed by atoms with Crippen molar-refractivity contribution in [3.05, 3.63) is 59.4 Å². The normalized spacial score (nSPS) is 11.3. The number of nitrogens with one attached hydrogen (secondary N) is 1.